The van der Waals surface area contributed by atoms with Crippen LogP contribution in [-0.4, -0.2) is 35.6 Å². The van der Waals surface area contributed by atoms with Crippen molar-refractivity contribution in [3.05, 3.63) is 51.9 Å². The number of aromatic nitrogens is 2. The van der Waals surface area contributed by atoms with Crippen LogP contribution in [0.25, 0.3) is 10.9 Å². The molecule has 5 nitrogen and oxygen atoms in total. The molecule has 0 amide bonds. The standard InChI is InChI=1S/C19H24FN5S.HI/c1-3-21-19(23-9-7-16-12-26-13(2)25-16)22-8-6-14-11-24-18-5-4-15(20)10-17(14)18;/h4-5,10-12,24H,3,6-9H2,1-2H3,(H2,21,22,23);1H. The van der Waals surface area contributed by atoms with E-state index in [1.807, 2.05) is 20.0 Å². The van der Waals surface area contributed by atoms with Crippen LogP contribution in [0.4, 0.5) is 4.39 Å². The molecule has 0 radical (unpaired) electrons. The molecule has 0 aliphatic rings. The minimum absolute atomic E-state index is 0. The van der Waals surface area contributed by atoms with E-state index >= 15 is 0 Å². The Hall–Kier alpha value is -1.68. The summed E-state index contributed by atoms with van der Waals surface area (Å²) in [5.74, 6) is 0.587. The van der Waals surface area contributed by atoms with E-state index in [1.54, 1.807) is 23.5 Å². The van der Waals surface area contributed by atoms with Crippen molar-refractivity contribution >= 4 is 52.2 Å². The van der Waals surface area contributed by atoms with Gasteiger partial charge in [-0.25, -0.2) is 9.37 Å². The predicted octanol–water partition coefficient (Wildman–Crippen LogP) is 4.03. The Morgan fingerprint density at radius 2 is 2.15 bits per heavy atom. The number of fused-ring (bicyclic) bond motifs is 1. The summed E-state index contributed by atoms with van der Waals surface area (Å²) < 4.78 is 13.5. The molecule has 0 saturated heterocycles. The Labute approximate surface area is 179 Å². The normalized spacial score (nSPS) is 11.4. The maximum atomic E-state index is 13.5. The summed E-state index contributed by atoms with van der Waals surface area (Å²) in [6.07, 6.45) is 3.57. The van der Waals surface area contributed by atoms with Crippen molar-refractivity contribution in [2.45, 2.75) is 26.7 Å². The lowest BCUT2D eigenvalue weighted by Gasteiger charge is -2.11. The monoisotopic (exact) mass is 501 g/mol. The molecule has 0 bridgehead atoms. The van der Waals surface area contributed by atoms with Crippen molar-refractivity contribution in [3.63, 3.8) is 0 Å². The first-order valence-corrected chi connectivity index (χ1v) is 9.72. The fourth-order valence-electron chi connectivity index (χ4n) is 2.82. The van der Waals surface area contributed by atoms with Crippen LogP contribution < -0.4 is 10.6 Å². The minimum atomic E-state index is -0.210. The zero-order valence-electron chi connectivity index (χ0n) is 15.5. The van der Waals surface area contributed by atoms with Crippen LogP contribution in [0.15, 0.2) is 34.8 Å². The molecule has 3 rings (SSSR count). The van der Waals surface area contributed by atoms with Gasteiger partial charge in [0.05, 0.1) is 10.7 Å². The van der Waals surface area contributed by atoms with Crippen molar-refractivity contribution in [1.82, 2.24) is 20.6 Å². The van der Waals surface area contributed by atoms with Gasteiger partial charge in [0.2, 0.25) is 0 Å². The maximum absolute atomic E-state index is 13.5. The summed E-state index contributed by atoms with van der Waals surface area (Å²) in [5.41, 5.74) is 3.15. The number of aliphatic imine (C=N–C) groups is 1. The van der Waals surface area contributed by atoms with Gasteiger partial charge in [-0.2, -0.15) is 0 Å². The van der Waals surface area contributed by atoms with E-state index in [4.69, 9.17) is 0 Å². The molecule has 0 aliphatic carbocycles. The van der Waals surface area contributed by atoms with E-state index in [0.29, 0.717) is 6.54 Å². The SMILES string of the molecule is CCNC(=NCCc1csc(C)n1)NCCc1c[nH]c2ccc(F)cc12.I. The summed E-state index contributed by atoms with van der Waals surface area (Å²) in [7, 11) is 0. The summed E-state index contributed by atoms with van der Waals surface area (Å²) in [4.78, 5) is 12.3. The Balaban J connectivity index is 0.00000261. The fraction of sp³-hybridized carbons (Fsp3) is 0.368. The zero-order chi connectivity index (χ0) is 18.4. The number of halogens is 2. The largest absolute Gasteiger partial charge is 0.361 e. The number of thiazole rings is 1. The Morgan fingerprint density at radius 1 is 1.30 bits per heavy atom. The summed E-state index contributed by atoms with van der Waals surface area (Å²) in [6, 6.07) is 4.82. The molecule has 3 N–H and O–H groups in total. The second-order valence-electron chi connectivity index (χ2n) is 6.05. The molecule has 8 heteroatoms. The first kappa shape index (κ1) is 21.6. The van der Waals surface area contributed by atoms with Gasteiger partial charge in [-0.05, 0) is 44.0 Å². The highest BCUT2D eigenvalue weighted by Gasteiger charge is 2.05. The molecule has 0 spiro atoms. The molecule has 0 unspecified atom stereocenters. The number of aromatic amines is 1. The minimum Gasteiger partial charge on any atom is -0.361 e. The number of H-pyrrole nitrogens is 1. The van der Waals surface area contributed by atoms with Gasteiger partial charge in [-0.1, -0.05) is 0 Å². The van der Waals surface area contributed by atoms with Crippen molar-refractivity contribution < 1.29 is 4.39 Å². The number of hydrogen-bond donors (Lipinski definition) is 3. The lowest BCUT2D eigenvalue weighted by Crippen LogP contribution is -2.38. The Morgan fingerprint density at radius 3 is 2.89 bits per heavy atom. The third-order valence-electron chi connectivity index (χ3n) is 4.06. The average molecular weight is 501 g/mol. The third-order valence-corrected chi connectivity index (χ3v) is 4.89. The predicted molar refractivity (Wildman–Crippen MR) is 122 cm³/mol. The first-order chi connectivity index (χ1) is 12.7. The second kappa shape index (κ2) is 10.6. The van der Waals surface area contributed by atoms with Gasteiger partial charge < -0.3 is 15.6 Å². The second-order valence-corrected chi connectivity index (χ2v) is 7.11. The lowest BCUT2D eigenvalue weighted by atomic mass is 10.1. The van der Waals surface area contributed by atoms with Crippen molar-refractivity contribution in [3.8, 4) is 0 Å². The number of benzene rings is 1. The molecule has 0 aliphatic heterocycles. The number of nitrogens with one attached hydrogen (secondary N) is 3. The van der Waals surface area contributed by atoms with Crippen LogP contribution in [0.5, 0.6) is 0 Å². The van der Waals surface area contributed by atoms with E-state index in [2.05, 4.69) is 31.0 Å². The maximum Gasteiger partial charge on any atom is 0.191 e. The van der Waals surface area contributed by atoms with Crippen LogP contribution in [0.1, 0.15) is 23.2 Å². The molecule has 0 fully saturated rings. The zero-order valence-corrected chi connectivity index (χ0v) is 18.7. The molecule has 146 valence electrons. The summed E-state index contributed by atoms with van der Waals surface area (Å²) in [5, 5.41) is 10.7. The van der Waals surface area contributed by atoms with Gasteiger partial charge in [0.1, 0.15) is 5.82 Å². The van der Waals surface area contributed by atoms with Crippen LogP contribution >= 0.6 is 35.3 Å². The van der Waals surface area contributed by atoms with Crippen molar-refractivity contribution in [2.24, 2.45) is 4.99 Å². The molecule has 27 heavy (non-hydrogen) atoms. The number of rotatable bonds is 7. The number of nitrogens with zero attached hydrogens (tertiary/aromatic N) is 2. The van der Waals surface area contributed by atoms with Gasteiger partial charge in [-0.15, -0.1) is 35.3 Å². The smallest absolute Gasteiger partial charge is 0.191 e. The summed E-state index contributed by atoms with van der Waals surface area (Å²) in [6.45, 7) is 6.28. The van der Waals surface area contributed by atoms with Gasteiger partial charge in [0.15, 0.2) is 5.96 Å². The van der Waals surface area contributed by atoms with Gasteiger partial charge >= 0.3 is 0 Å². The molecule has 2 heterocycles. The van der Waals surface area contributed by atoms with Gasteiger partial charge in [0.25, 0.3) is 0 Å². The van der Waals surface area contributed by atoms with Crippen LogP contribution in [0.3, 0.4) is 0 Å². The van der Waals surface area contributed by atoms with Crippen molar-refractivity contribution in [1.29, 1.82) is 0 Å². The number of guanidine groups is 1. The molecule has 0 saturated carbocycles. The van der Waals surface area contributed by atoms with Gasteiger partial charge in [-0.3, -0.25) is 4.99 Å². The average Bonchev–Trinajstić information content (AvgIpc) is 3.21. The number of hydrogen-bond acceptors (Lipinski definition) is 3. The molecule has 1 aromatic carbocycles. The molecule has 3 aromatic rings. The Kier molecular flexibility index (Phi) is 8.49. The first-order valence-electron chi connectivity index (χ1n) is 8.84. The summed E-state index contributed by atoms with van der Waals surface area (Å²) >= 11 is 1.67. The van der Waals surface area contributed by atoms with E-state index in [1.165, 1.54) is 6.07 Å². The van der Waals surface area contributed by atoms with Crippen LogP contribution in [0.2, 0.25) is 0 Å². The van der Waals surface area contributed by atoms with E-state index < -0.39 is 0 Å². The fourth-order valence-corrected chi connectivity index (χ4v) is 3.47. The van der Waals surface area contributed by atoms with E-state index in [9.17, 15) is 4.39 Å². The Bertz CT molecular complexity index is 889. The van der Waals surface area contributed by atoms with Crippen LogP contribution in [0, 0.1) is 12.7 Å². The van der Waals surface area contributed by atoms with Crippen molar-refractivity contribution in [2.75, 3.05) is 19.6 Å². The van der Waals surface area contributed by atoms with Crippen LogP contribution in [-0.2, 0) is 12.8 Å². The van der Waals surface area contributed by atoms with Gasteiger partial charge in [0, 0.05) is 48.5 Å². The highest BCUT2D eigenvalue weighted by molar-refractivity contribution is 14.0. The van der Waals surface area contributed by atoms with E-state index in [-0.39, 0.29) is 29.8 Å². The molecular formula is C19H25FIN5S. The van der Waals surface area contributed by atoms with E-state index in [0.717, 1.165) is 59.1 Å². The molecule has 0 atom stereocenters. The lowest BCUT2D eigenvalue weighted by molar-refractivity contribution is 0.629. The number of aryl methyl sites for hydroxylation is 1. The highest BCUT2D eigenvalue weighted by atomic mass is 127. The quantitative estimate of drug-likeness (QED) is 0.260. The highest BCUT2D eigenvalue weighted by Crippen LogP contribution is 2.19. The third kappa shape index (κ3) is 6.17. The molecule has 2 aromatic heterocycles. The molecular weight excluding hydrogens is 476 g/mol. The topological polar surface area (TPSA) is 65.1 Å².